The monoisotopic (exact) mass is 1010 g/mol. The Morgan fingerprint density at radius 1 is 0.462 bits per heavy atom. The van der Waals surface area contributed by atoms with Crippen LogP contribution in [0.2, 0.25) is 104 Å². The van der Waals surface area contributed by atoms with Gasteiger partial charge in [-0.2, -0.15) is 0 Å². The first-order valence-electron chi connectivity index (χ1n) is 23.6. The van der Waals surface area contributed by atoms with Crippen LogP contribution in [0.3, 0.4) is 0 Å². The van der Waals surface area contributed by atoms with Gasteiger partial charge in [-0.3, -0.25) is 9.59 Å². The molecule has 376 valence electrons. The van der Waals surface area contributed by atoms with E-state index in [0.29, 0.717) is 45.2 Å². The van der Waals surface area contributed by atoms with Crippen LogP contribution in [-0.4, -0.2) is 107 Å². The smallest absolute Gasteiger partial charge is 0.314 e. The Balaban J connectivity index is 0.00000124. The SMILES string of the molecule is CC(C)(C)C(=O)c1ccc(OCCOCCC[Si](C)(O[Si](C)(C)C)O[Si](C)(C)C)cc1.CCCC(C)(C)C(=O)c1ccc(OCCOCCC[Si](C)(O[Si](C)(C)C)O[Si](C)(C)C)cc1.O. The van der Waals surface area contributed by atoms with Crippen LogP contribution < -0.4 is 9.47 Å². The lowest BCUT2D eigenvalue weighted by molar-refractivity contribution is 0.0824. The van der Waals surface area contributed by atoms with Gasteiger partial charge in [-0.25, -0.2) is 0 Å². The molecule has 0 unspecified atom stereocenters. The highest BCUT2D eigenvalue weighted by Crippen LogP contribution is 2.30. The number of carbonyl (C=O) groups excluding carboxylic acids is 2. The van der Waals surface area contributed by atoms with Gasteiger partial charge in [0.25, 0.3) is 0 Å². The van der Waals surface area contributed by atoms with Crippen LogP contribution in [0, 0.1) is 10.8 Å². The zero-order valence-electron chi connectivity index (χ0n) is 44.7. The minimum atomic E-state index is -2.19. The van der Waals surface area contributed by atoms with Crippen molar-refractivity contribution >= 4 is 62.0 Å². The lowest BCUT2D eigenvalue weighted by Gasteiger charge is -2.38. The van der Waals surface area contributed by atoms with Crippen LogP contribution in [0.4, 0.5) is 0 Å². The van der Waals surface area contributed by atoms with Gasteiger partial charge < -0.3 is 40.9 Å². The summed E-state index contributed by atoms with van der Waals surface area (Å²) in [4.78, 5) is 25.0. The number of ketones is 2. The second kappa shape index (κ2) is 27.6. The Labute approximate surface area is 403 Å². The maximum atomic E-state index is 12.7. The Morgan fingerprint density at radius 3 is 1.05 bits per heavy atom. The third kappa shape index (κ3) is 29.1. The first-order valence-corrected chi connectivity index (χ1v) is 42.3. The van der Waals surface area contributed by atoms with Crippen molar-refractivity contribution in [2.75, 3.05) is 39.6 Å². The normalized spacial score (nSPS) is 13.1. The summed E-state index contributed by atoms with van der Waals surface area (Å²) < 4.78 is 49.2. The quantitative estimate of drug-likeness (QED) is 0.0439. The summed E-state index contributed by atoms with van der Waals surface area (Å²) in [7, 11) is -11.0. The molecule has 0 saturated heterocycles. The molecule has 2 aromatic carbocycles. The standard InChI is InChI=1S/C25H48O5Si3.C23H44O5Si3.H2O/c1-11-17-25(2,3)24(26)22-13-15-23(16-14-22)28-20-19-27-18-12-21-33(10,29-31(4,5)6)30-32(7,8)9;1-23(2,3)22(24)20-12-14-21(15-13-20)26-18-17-25-16-11-19-31(10,27-29(4,5)6)28-30(7,8)9;/h13-16H,11-12,17-21H2,1-10H3;12-15H,11,16-19H2,1-10H3;1H2. The summed E-state index contributed by atoms with van der Waals surface area (Å²) in [5, 5.41) is 0. The highest BCUT2D eigenvalue weighted by molar-refractivity contribution is 6.88. The third-order valence-electron chi connectivity index (χ3n) is 9.32. The second-order valence-corrected chi connectivity index (χ2v) is 48.5. The molecule has 0 saturated carbocycles. The first-order chi connectivity index (χ1) is 29.1. The Morgan fingerprint density at radius 2 is 0.769 bits per heavy atom. The lowest BCUT2D eigenvalue weighted by atomic mass is 9.80. The van der Waals surface area contributed by atoms with E-state index in [-0.39, 0.29) is 27.9 Å². The average molecular weight is 1020 g/mol. The van der Waals surface area contributed by atoms with E-state index in [1.165, 1.54) is 0 Å². The molecule has 65 heavy (non-hydrogen) atoms. The second-order valence-electron chi connectivity index (χ2n) is 22.8. The largest absolute Gasteiger partial charge is 0.491 e. The van der Waals surface area contributed by atoms with Crippen LogP contribution in [0.25, 0.3) is 0 Å². The fourth-order valence-electron chi connectivity index (χ4n) is 7.44. The number of Topliss-reactive ketones (excluding diaryl/α,β-unsaturated/α-hetero) is 2. The molecule has 2 aromatic rings. The van der Waals surface area contributed by atoms with Crippen LogP contribution in [0.15, 0.2) is 48.5 Å². The maximum absolute atomic E-state index is 12.7. The predicted octanol–water partition coefficient (Wildman–Crippen LogP) is 12.9. The predicted molar refractivity (Wildman–Crippen MR) is 286 cm³/mol. The van der Waals surface area contributed by atoms with Crippen molar-refractivity contribution in [3.8, 4) is 11.5 Å². The Bertz CT molecular complexity index is 1620. The molecule has 11 nitrogen and oxygen atoms in total. The first kappa shape index (κ1) is 63.4. The zero-order valence-corrected chi connectivity index (χ0v) is 50.7. The van der Waals surface area contributed by atoms with Gasteiger partial charge in [-0.15, -0.1) is 0 Å². The van der Waals surface area contributed by atoms with Gasteiger partial charge in [-0.05, 0) is 172 Å². The number of hydrogen-bond acceptors (Lipinski definition) is 10. The molecule has 0 bridgehead atoms. The Kier molecular flexibility index (Phi) is 26.9. The van der Waals surface area contributed by atoms with Gasteiger partial charge in [-0.1, -0.05) is 48.0 Å². The summed E-state index contributed by atoms with van der Waals surface area (Å²) in [6.07, 6.45) is 3.75. The summed E-state index contributed by atoms with van der Waals surface area (Å²) in [6.45, 7) is 46.5. The van der Waals surface area contributed by atoms with Gasteiger partial charge >= 0.3 is 17.1 Å². The summed E-state index contributed by atoms with van der Waals surface area (Å²) >= 11 is 0. The van der Waals surface area contributed by atoms with Gasteiger partial charge in [0.05, 0.1) is 13.2 Å². The van der Waals surface area contributed by atoms with Gasteiger partial charge in [0.15, 0.2) is 44.8 Å². The van der Waals surface area contributed by atoms with Crippen molar-refractivity contribution in [3.63, 3.8) is 0 Å². The number of carbonyl (C=O) groups is 2. The Hall–Kier alpha value is -1.60. The van der Waals surface area contributed by atoms with E-state index in [4.69, 9.17) is 35.4 Å². The summed E-state index contributed by atoms with van der Waals surface area (Å²) in [6, 6.07) is 16.7. The molecule has 0 spiro atoms. The molecule has 0 aromatic heterocycles. The number of ether oxygens (including phenoxy) is 4. The van der Waals surface area contributed by atoms with Gasteiger partial charge in [0.1, 0.15) is 24.7 Å². The topological polar surface area (TPSA) is 139 Å². The van der Waals surface area contributed by atoms with E-state index in [1.54, 1.807) is 0 Å². The van der Waals surface area contributed by atoms with Crippen molar-refractivity contribution in [2.24, 2.45) is 10.8 Å². The number of hydrogen-bond donors (Lipinski definition) is 0. The fourth-order valence-corrected chi connectivity index (χ4v) is 32.5. The highest BCUT2D eigenvalue weighted by Gasteiger charge is 2.41. The van der Waals surface area contributed by atoms with E-state index in [2.05, 4.69) is 98.6 Å². The maximum Gasteiger partial charge on any atom is 0.314 e. The summed E-state index contributed by atoms with van der Waals surface area (Å²) in [5.41, 5.74) is 0.745. The van der Waals surface area contributed by atoms with Crippen molar-refractivity contribution in [2.45, 2.75) is 171 Å². The molecule has 17 heteroatoms. The fraction of sp³-hybridized carbons (Fsp3) is 0.708. The molecule has 0 radical (unpaired) electrons. The molecule has 0 aliphatic heterocycles. The molecule has 0 amide bonds. The lowest BCUT2D eigenvalue weighted by Crippen LogP contribution is -2.52. The van der Waals surface area contributed by atoms with Crippen LogP contribution in [0.5, 0.6) is 11.5 Å². The van der Waals surface area contributed by atoms with Crippen molar-refractivity contribution < 1.29 is 50.5 Å². The van der Waals surface area contributed by atoms with Crippen molar-refractivity contribution in [1.82, 2.24) is 0 Å². The molecular weight excluding hydrogens is 921 g/mol. The average Bonchev–Trinajstić information content (AvgIpc) is 3.10. The van der Waals surface area contributed by atoms with Crippen LogP contribution in [-0.2, 0) is 25.9 Å². The number of rotatable bonds is 29. The molecule has 2 rings (SSSR count). The minimum absolute atomic E-state index is 0. The molecule has 0 aliphatic carbocycles. The van der Waals surface area contributed by atoms with Crippen molar-refractivity contribution in [3.05, 3.63) is 59.7 Å². The van der Waals surface area contributed by atoms with Crippen LogP contribution >= 0.6 is 0 Å². The van der Waals surface area contributed by atoms with E-state index in [0.717, 1.165) is 54.8 Å². The molecule has 0 atom stereocenters. The molecule has 0 fully saturated rings. The van der Waals surface area contributed by atoms with Gasteiger partial charge in [0, 0.05) is 35.2 Å². The van der Waals surface area contributed by atoms with E-state index >= 15 is 0 Å². The third-order valence-corrected chi connectivity index (χ3v) is 28.6. The number of benzene rings is 2. The van der Waals surface area contributed by atoms with E-state index < -0.39 is 50.4 Å². The minimum Gasteiger partial charge on any atom is -0.491 e. The molecule has 2 N–H and O–H groups in total. The van der Waals surface area contributed by atoms with Crippen LogP contribution in [0.1, 0.15) is 87.9 Å². The van der Waals surface area contributed by atoms with Crippen molar-refractivity contribution in [1.29, 1.82) is 0 Å². The molecule has 0 heterocycles. The molecular formula is C48H94O11Si6. The molecule has 0 aliphatic rings. The summed E-state index contributed by atoms with van der Waals surface area (Å²) in [5.74, 6) is 1.83. The van der Waals surface area contributed by atoms with E-state index in [9.17, 15) is 9.59 Å². The van der Waals surface area contributed by atoms with E-state index in [1.807, 2.05) is 83.1 Å². The zero-order chi connectivity index (χ0) is 49.3. The van der Waals surface area contributed by atoms with Gasteiger partial charge in [0.2, 0.25) is 0 Å². The highest BCUT2D eigenvalue weighted by atomic mass is 28.5.